The predicted octanol–water partition coefficient (Wildman–Crippen LogP) is 1.29. The second kappa shape index (κ2) is 4.61. The zero-order valence-corrected chi connectivity index (χ0v) is 8.71. The van der Waals surface area contributed by atoms with Crippen LogP contribution in [0.3, 0.4) is 0 Å². The summed E-state index contributed by atoms with van der Waals surface area (Å²) in [5.41, 5.74) is 5.44. The van der Waals surface area contributed by atoms with Crippen LogP contribution in [0.2, 0.25) is 0 Å². The van der Waals surface area contributed by atoms with E-state index in [1.54, 1.807) is 0 Å². The lowest BCUT2D eigenvalue weighted by Gasteiger charge is -2.31. The fraction of sp³-hybridized carbons (Fsp3) is 0.900. The second-order valence-corrected chi connectivity index (χ2v) is 4.34. The monoisotopic (exact) mass is 183 g/mol. The van der Waals surface area contributed by atoms with Crippen molar-refractivity contribution in [2.45, 2.75) is 26.7 Å². The lowest BCUT2D eigenvalue weighted by molar-refractivity contribution is 0.183. The molecule has 1 aliphatic rings. The molecule has 0 aliphatic carbocycles. The summed E-state index contributed by atoms with van der Waals surface area (Å²) >= 11 is 0. The van der Waals surface area contributed by atoms with Gasteiger partial charge in [0, 0.05) is 12.5 Å². The first-order valence-electron chi connectivity index (χ1n) is 5.16. The smallest absolute Gasteiger partial charge is 0.0947 e. The third kappa shape index (κ3) is 3.35. The molecule has 3 N–H and O–H groups in total. The van der Waals surface area contributed by atoms with Crippen molar-refractivity contribution in [2.75, 3.05) is 19.6 Å². The zero-order valence-electron chi connectivity index (χ0n) is 8.71. The van der Waals surface area contributed by atoms with Crippen LogP contribution in [-0.2, 0) is 0 Å². The van der Waals surface area contributed by atoms with Gasteiger partial charge < -0.3 is 10.6 Å². The summed E-state index contributed by atoms with van der Waals surface area (Å²) in [6.07, 6.45) is 2.59. The molecule has 1 heterocycles. The van der Waals surface area contributed by atoms with E-state index >= 15 is 0 Å². The normalized spacial score (nSPS) is 22.9. The highest BCUT2D eigenvalue weighted by molar-refractivity contribution is 5.79. The Hall–Kier alpha value is -0.570. The maximum atomic E-state index is 7.31. The molecule has 1 atom stereocenters. The van der Waals surface area contributed by atoms with Crippen molar-refractivity contribution in [1.29, 1.82) is 5.41 Å². The molecule has 1 aliphatic heterocycles. The van der Waals surface area contributed by atoms with Gasteiger partial charge in [0.1, 0.15) is 0 Å². The third-order valence-electron chi connectivity index (χ3n) is 2.94. The van der Waals surface area contributed by atoms with Crippen molar-refractivity contribution in [3.63, 3.8) is 0 Å². The summed E-state index contributed by atoms with van der Waals surface area (Å²) in [5, 5.41) is 7.31. The first kappa shape index (κ1) is 10.5. The quantitative estimate of drug-likeness (QED) is 0.511. The van der Waals surface area contributed by atoms with Crippen molar-refractivity contribution >= 4 is 5.84 Å². The summed E-state index contributed by atoms with van der Waals surface area (Å²) in [4.78, 5) is 2.42. The van der Waals surface area contributed by atoms with Crippen LogP contribution in [0.15, 0.2) is 0 Å². The van der Waals surface area contributed by atoms with E-state index in [4.69, 9.17) is 11.1 Å². The molecule has 1 saturated heterocycles. The molecule has 0 bridgehead atoms. The maximum absolute atomic E-state index is 7.31. The third-order valence-corrected chi connectivity index (χ3v) is 2.94. The van der Waals surface area contributed by atoms with Crippen molar-refractivity contribution in [3.05, 3.63) is 0 Å². The van der Waals surface area contributed by atoms with E-state index in [0.29, 0.717) is 5.84 Å². The van der Waals surface area contributed by atoms with Gasteiger partial charge in [-0.2, -0.15) is 0 Å². The number of nitrogens with zero attached hydrogens (tertiary/aromatic N) is 1. The fourth-order valence-corrected chi connectivity index (χ4v) is 1.73. The van der Waals surface area contributed by atoms with Crippen LogP contribution in [0.5, 0.6) is 0 Å². The highest BCUT2D eigenvalue weighted by atomic mass is 15.1. The van der Waals surface area contributed by atoms with Crippen molar-refractivity contribution in [1.82, 2.24) is 4.90 Å². The minimum atomic E-state index is 0.216. The van der Waals surface area contributed by atoms with Crippen LogP contribution in [0.4, 0.5) is 0 Å². The number of nitrogens with two attached hydrogens (primary N) is 1. The van der Waals surface area contributed by atoms with E-state index in [0.717, 1.165) is 12.5 Å². The van der Waals surface area contributed by atoms with Gasteiger partial charge in [0.25, 0.3) is 0 Å². The van der Waals surface area contributed by atoms with Gasteiger partial charge >= 0.3 is 0 Å². The van der Waals surface area contributed by atoms with Gasteiger partial charge in [-0.15, -0.1) is 0 Å². The number of nitrogens with one attached hydrogen (secondary N) is 1. The molecule has 76 valence electrons. The summed E-state index contributed by atoms with van der Waals surface area (Å²) < 4.78 is 0. The van der Waals surface area contributed by atoms with Crippen molar-refractivity contribution < 1.29 is 0 Å². The molecule has 0 radical (unpaired) electrons. The topological polar surface area (TPSA) is 53.1 Å². The Labute approximate surface area is 80.8 Å². The average Bonchev–Trinajstić information content (AvgIpc) is 2.08. The SMILES string of the molecule is CC1CCN(CC(C)C(=N)N)CC1. The number of hydrogen-bond donors (Lipinski definition) is 2. The van der Waals surface area contributed by atoms with E-state index in [-0.39, 0.29) is 5.92 Å². The summed E-state index contributed by atoms with van der Waals surface area (Å²) in [6, 6.07) is 0. The van der Waals surface area contributed by atoms with Gasteiger partial charge in [-0.1, -0.05) is 13.8 Å². The molecule has 3 nitrogen and oxygen atoms in total. The highest BCUT2D eigenvalue weighted by Gasteiger charge is 2.18. The van der Waals surface area contributed by atoms with Crippen LogP contribution >= 0.6 is 0 Å². The molecular weight excluding hydrogens is 162 g/mol. The predicted molar refractivity (Wildman–Crippen MR) is 55.9 cm³/mol. The van der Waals surface area contributed by atoms with Crippen molar-refractivity contribution in [2.24, 2.45) is 17.6 Å². The molecule has 3 heteroatoms. The Morgan fingerprint density at radius 1 is 1.54 bits per heavy atom. The molecule has 1 unspecified atom stereocenters. The Morgan fingerprint density at radius 2 is 2.08 bits per heavy atom. The van der Waals surface area contributed by atoms with Crippen LogP contribution in [0, 0.1) is 17.2 Å². The van der Waals surface area contributed by atoms with Crippen molar-refractivity contribution in [3.8, 4) is 0 Å². The number of amidine groups is 1. The lowest BCUT2D eigenvalue weighted by atomic mass is 9.98. The number of rotatable bonds is 3. The lowest BCUT2D eigenvalue weighted by Crippen LogP contribution is -2.39. The molecule has 0 amide bonds. The molecule has 0 saturated carbocycles. The molecule has 0 aromatic heterocycles. The highest BCUT2D eigenvalue weighted by Crippen LogP contribution is 2.16. The Balaban J connectivity index is 2.26. The fourth-order valence-electron chi connectivity index (χ4n) is 1.73. The first-order chi connectivity index (χ1) is 6.09. The standard InChI is InChI=1S/C10H21N3/c1-8-3-5-13(6-4-8)7-9(2)10(11)12/h8-9H,3-7H2,1-2H3,(H3,11,12). The Morgan fingerprint density at radius 3 is 2.54 bits per heavy atom. The molecular formula is C10H21N3. The van der Waals surface area contributed by atoms with Gasteiger partial charge in [-0.3, -0.25) is 5.41 Å². The summed E-state index contributed by atoms with van der Waals surface area (Å²) in [7, 11) is 0. The Bertz CT molecular complexity index is 171. The van der Waals surface area contributed by atoms with Crippen LogP contribution in [0.25, 0.3) is 0 Å². The zero-order chi connectivity index (χ0) is 9.84. The van der Waals surface area contributed by atoms with Gasteiger partial charge in [-0.05, 0) is 31.8 Å². The number of piperidine rings is 1. The van der Waals surface area contributed by atoms with Crippen LogP contribution in [0.1, 0.15) is 26.7 Å². The van der Waals surface area contributed by atoms with Gasteiger partial charge in [0.05, 0.1) is 5.84 Å². The van der Waals surface area contributed by atoms with Gasteiger partial charge in [0.15, 0.2) is 0 Å². The molecule has 0 aromatic rings. The molecule has 0 spiro atoms. The molecule has 1 rings (SSSR count). The summed E-state index contributed by atoms with van der Waals surface area (Å²) in [6.45, 7) is 7.66. The largest absolute Gasteiger partial charge is 0.387 e. The van der Waals surface area contributed by atoms with E-state index < -0.39 is 0 Å². The number of likely N-dealkylation sites (tertiary alicyclic amines) is 1. The molecule has 0 aromatic carbocycles. The van der Waals surface area contributed by atoms with E-state index in [1.807, 2.05) is 6.92 Å². The van der Waals surface area contributed by atoms with Crippen LogP contribution < -0.4 is 5.73 Å². The number of hydrogen-bond acceptors (Lipinski definition) is 2. The molecule has 1 fully saturated rings. The first-order valence-corrected chi connectivity index (χ1v) is 5.16. The summed E-state index contributed by atoms with van der Waals surface area (Å²) in [5.74, 6) is 1.41. The van der Waals surface area contributed by atoms with E-state index in [2.05, 4.69) is 11.8 Å². The second-order valence-electron chi connectivity index (χ2n) is 4.34. The minimum absolute atomic E-state index is 0.216. The van der Waals surface area contributed by atoms with Gasteiger partial charge in [-0.25, -0.2) is 0 Å². The molecule has 13 heavy (non-hydrogen) atoms. The Kier molecular flexibility index (Phi) is 3.72. The van der Waals surface area contributed by atoms with E-state index in [1.165, 1.54) is 25.9 Å². The average molecular weight is 183 g/mol. The minimum Gasteiger partial charge on any atom is -0.387 e. The van der Waals surface area contributed by atoms with Crippen LogP contribution in [-0.4, -0.2) is 30.4 Å². The maximum Gasteiger partial charge on any atom is 0.0947 e. The van der Waals surface area contributed by atoms with E-state index in [9.17, 15) is 0 Å². The van der Waals surface area contributed by atoms with Gasteiger partial charge in [0.2, 0.25) is 0 Å².